The second-order valence-electron chi connectivity index (χ2n) is 5.19. The molecule has 1 unspecified atom stereocenters. The van der Waals surface area contributed by atoms with E-state index in [2.05, 4.69) is 16.4 Å². The summed E-state index contributed by atoms with van der Waals surface area (Å²) in [5, 5.41) is 4.64. The fourth-order valence-corrected chi connectivity index (χ4v) is 4.45. The van der Waals surface area contributed by atoms with Crippen molar-refractivity contribution in [2.75, 3.05) is 6.54 Å². The van der Waals surface area contributed by atoms with Gasteiger partial charge in [0, 0.05) is 16.8 Å². The minimum absolute atomic E-state index is 0.0185. The first-order valence-corrected chi connectivity index (χ1v) is 8.92. The van der Waals surface area contributed by atoms with Crippen molar-refractivity contribution in [3.8, 4) is 10.8 Å². The second-order valence-corrected chi connectivity index (χ2v) is 7.02. The molecule has 1 aliphatic heterocycles. The van der Waals surface area contributed by atoms with Crippen LogP contribution in [0.15, 0.2) is 45.7 Å². The van der Waals surface area contributed by atoms with Gasteiger partial charge in [0.25, 0.3) is 5.91 Å². The number of likely N-dealkylation sites (tertiary alicyclic amines) is 1. The van der Waals surface area contributed by atoms with E-state index >= 15 is 0 Å². The molecule has 0 spiro atoms. The Labute approximate surface area is 136 Å². The molecule has 1 fully saturated rings. The van der Waals surface area contributed by atoms with E-state index in [4.69, 9.17) is 4.42 Å². The Balaban J connectivity index is 1.59. The summed E-state index contributed by atoms with van der Waals surface area (Å²) >= 11 is 3.16. The lowest BCUT2D eigenvalue weighted by Gasteiger charge is -2.22. The molecule has 112 valence electrons. The van der Waals surface area contributed by atoms with Crippen molar-refractivity contribution in [3.63, 3.8) is 0 Å². The molecule has 3 aromatic heterocycles. The van der Waals surface area contributed by atoms with E-state index in [9.17, 15) is 4.79 Å². The molecule has 1 saturated heterocycles. The Morgan fingerprint density at radius 2 is 2.27 bits per heavy atom. The highest BCUT2D eigenvalue weighted by molar-refractivity contribution is 7.13. The van der Waals surface area contributed by atoms with Crippen LogP contribution >= 0.6 is 22.7 Å². The lowest BCUT2D eigenvalue weighted by Crippen LogP contribution is -2.30. The Morgan fingerprint density at radius 3 is 3.05 bits per heavy atom. The maximum Gasteiger partial charge on any atom is 0.273 e. The zero-order chi connectivity index (χ0) is 14.9. The highest BCUT2D eigenvalue weighted by Crippen LogP contribution is 2.36. The van der Waals surface area contributed by atoms with E-state index in [1.54, 1.807) is 17.6 Å². The number of thiophene rings is 1. The largest absolute Gasteiger partial charge is 0.462 e. The van der Waals surface area contributed by atoms with Crippen molar-refractivity contribution in [3.05, 3.63) is 51.9 Å². The standard InChI is InChI=1S/C16H14N2O2S2/c19-16(11-10-22-15(17-11)13-5-2-8-20-13)18-7-1-4-12(18)14-6-3-9-21-14/h2-3,5-6,8-10,12H,1,4,7H2. The molecule has 6 heteroatoms. The summed E-state index contributed by atoms with van der Waals surface area (Å²) in [7, 11) is 0. The second kappa shape index (κ2) is 5.70. The Kier molecular flexibility index (Phi) is 3.56. The molecule has 1 aliphatic rings. The third-order valence-electron chi connectivity index (χ3n) is 3.84. The van der Waals surface area contributed by atoms with Crippen LogP contribution in [0, 0.1) is 0 Å². The summed E-state index contributed by atoms with van der Waals surface area (Å²) in [5.41, 5.74) is 0.514. The zero-order valence-corrected chi connectivity index (χ0v) is 13.4. The first-order valence-electron chi connectivity index (χ1n) is 7.17. The van der Waals surface area contributed by atoms with Crippen LogP contribution < -0.4 is 0 Å². The van der Waals surface area contributed by atoms with E-state index in [1.165, 1.54) is 16.2 Å². The minimum Gasteiger partial charge on any atom is -0.462 e. The fourth-order valence-electron chi connectivity index (χ4n) is 2.82. The molecule has 0 radical (unpaired) electrons. The molecule has 1 atom stereocenters. The van der Waals surface area contributed by atoms with Gasteiger partial charge in [-0.25, -0.2) is 4.98 Å². The van der Waals surface area contributed by atoms with Gasteiger partial charge in [-0.2, -0.15) is 0 Å². The first kappa shape index (κ1) is 13.7. The SMILES string of the molecule is O=C(c1csc(-c2ccco2)n1)N1CCCC1c1cccs1. The first-order chi connectivity index (χ1) is 10.8. The van der Waals surface area contributed by atoms with Crippen molar-refractivity contribution < 1.29 is 9.21 Å². The summed E-state index contributed by atoms with van der Waals surface area (Å²) in [6.07, 6.45) is 3.69. The molecule has 0 saturated carbocycles. The van der Waals surface area contributed by atoms with Crippen LogP contribution in [0.25, 0.3) is 10.8 Å². The van der Waals surface area contributed by atoms with Crippen molar-refractivity contribution in [2.45, 2.75) is 18.9 Å². The van der Waals surface area contributed by atoms with Gasteiger partial charge < -0.3 is 9.32 Å². The Bertz CT molecular complexity index is 762. The van der Waals surface area contributed by atoms with Gasteiger partial charge >= 0.3 is 0 Å². The molecule has 4 heterocycles. The molecule has 0 aromatic carbocycles. The number of carbonyl (C=O) groups excluding carboxylic acids is 1. The van der Waals surface area contributed by atoms with Crippen LogP contribution in [0.4, 0.5) is 0 Å². The van der Waals surface area contributed by atoms with Gasteiger partial charge in [0.15, 0.2) is 10.8 Å². The number of furan rings is 1. The van der Waals surface area contributed by atoms with Crippen molar-refractivity contribution in [1.29, 1.82) is 0 Å². The van der Waals surface area contributed by atoms with E-state index in [0.717, 1.165) is 24.4 Å². The van der Waals surface area contributed by atoms with Gasteiger partial charge in [0.1, 0.15) is 5.69 Å². The summed E-state index contributed by atoms with van der Waals surface area (Å²) in [6, 6.07) is 8.03. The van der Waals surface area contributed by atoms with Crippen molar-refractivity contribution in [2.24, 2.45) is 0 Å². The van der Waals surface area contributed by atoms with Crippen LogP contribution in [-0.4, -0.2) is 22.3 Å². The molecule has 4 rings (SSSR count). The summed E-state index contributed by atoms with van der Waals surface area (Å²) < 4.78 is 5.34. The van der Waals surface area contributed by atoms with Crippen molar-refractivity contribution in [1.82, 2.24) is 9.88 Å². The predicted octanol–water partition coefficient (Wildman–Crippen LogP) is 4.44. The molecule has 22 heavy (non-hydrogen) atoms. The van der Waals surface area contributed by atoms with Crippen LogP contribution in [0.5, 0.6) is 0 Å². The van der Waals surface area contributed by atoms with Gasteiger partial charge in [0.2, 0.25) is 0 Å². The number of nitrogens with zero attached hydrogens (tertiary/aromatic N) is 2. The summed E-state index contributed by atoms with van der Waals surface area (Å²) in [6.45, 7) is 0.801. The van der Waals surface area contributed by atoms with Gasteiger partial charge in [-0.15, -0.1) is 22.7 Å². The predicted molar refractivity (Wildman–Crippen MR) is 87.1 cm³/mol. The van der Waals surface area contributed by atoms with Gasteiger partial charge in [-0.05, 0) is 36.4 Å². The quantitative estimate of drug-likeness (QED) is 0.713. The molecule has 0 N–H and O–H groups in total. The van der Waals surface area contributed by atoms with Crippen LogP contribution in [-0.2, 0) is 0 Å². The molecule has 0 bridgehead atoms. The smallest absolute Gasteiger partial charge is 0.273 e. The third-order valence-corrected chi connectivity index (χ3v) is 5.67. The molecular weight excluding hydrogens is 316 g/mol. The molecule has 4 nitrogen and oxygen atoms in total. The highest BCUT2D eigenvalue weighted by atomic mass is 32.1. The number of aromatic nitrogens is 1. The van der Waals surface area contributed by atoms with E-state index in [-0.39, 0.29) is 11.9 Å². The van der Waals surface area contributed by atoms with Gasteiger partial charge in [-0.3, -0.25) is 4.79 Å². The molecular formula is C16H14N2O2S2. The van der Waals surface area contributed by atoms with E-state index < -0.39 is 0 Å². The number of hydrogen-bond acceptors (Lipinski definition) is 5. The van der Waals surface area contributed by atoms with Crippen LogP contribution in [0.1, 0.15) is 34.2 Å². The van der Waals surface area contributed by atoms with Crippen molar-refractivity contribution >= 4 is 28.6 Å². The number of carbonyl (C=O) groups is 1. The van der Waals surface area contributed by atoms with E-state index in [0.29, 0.717) is 11.5 Å². The van der Waals surface area contributed by atoms with Gasteiger partial charge in [0.05, 0.1) is 12.3 Å². The highest BCUT2D eigenvalue weighted by Gasteiger charge is 2.32. The third kappa shape index (κ3) is 2.38. The maximum atomic E-state index is 12.8. The maximum absolute atomic E-state index is 12.8. The minimum atomic E-state index is 0.0185. The average molecular weight is 330 g/mol. The Morgan fingerprint density at radius 1 is 1.32 bits per heavy atom. The van der Waals surface area contributed by atoms with Crippen LogP contribution in [0.3, 0.4) is 0 Å². The topological polar surface area (TPSA) is 46.3 Å². The number of rotatable bonds is 3. The average Bonchev–Trinajstić information content (AvgIpc) is 3.35. The number of amides is 1. The molecule has 1 amide bonds. The summed E-state index contributed by atoms with van der Waals surface area (Å²) in [4.78, 5) is 20.4. The molecule has 3 aromatic rings. The van der Waals surface area contributed by atoms with Gasteiger partial charge in [-0.1, -0.05) is 6.07 Å². The summed E-state index contributed by atoms with van der Waals surface area (Å²) in [5.74, 6) is 0.727. The Hall–Kier alpha value is -1.92. The number of hydrogen-bond donors (Lipinski definition) is 0. The van der Waals surface area contributed by atoms with Crippen LogP contribution in [0.2, 0.25) is 0 Å². The monoisotopic (exact) mass is 330 g/mol. The van der Waals surface area contributed by atoms with E-state index in [1.807, 2.05) is 28.5 Å². The molecule has 0 aliphatic carbocycles. The lowest BCUT2D eigenvalue weighted by molar-refractivity contribution is 0.0733. The zero-order valence-electron chi connectivity index (χ0n) is 11.8. The number of thiazole rings is 1. The lowest BCUT2D eigenvalue weighted by atomic mass is 10.2. The normalized spacial score (nSPS) is 18.0. The fraction of sp³-hybridized carbons (Fsp3) is 0.250.